The standard InChI is InChI=1S/C11H12Br2ClNOS/c12-7-6-8(17-10(7)13)9(14)11(16)15-4-2-1-3-5-15/h6,9H,1-5H2. The maximum atomic E-state index is 12.2. The van der Waals surface area contributed by atoms with E-state index in [1.165, 1.54) is 17.8 Å². The van der Waals surface area contributed by atoms with Crippen molar-refractivity contribution >= 4 is 60.7 Å². The van der Waals surface area contributed by atoms with E-state index in [0.29, 0.717) is 0 Å². The van der Waals surface area contributed by atoms with E-state index in [2.05, 4.69) is 31.9 Å². The molecule has 17 heavy (non-hydrogen) atoms. The molecule has 1 aromatic heterocycles. The van der Waals surface area contributed by atoms with Crippen LogP contribution in [0.2, 0.25) is 0 Å². The van der Waals surface area contributed by atoms with Gasteiger partial charge in [0.05, 0.1) is 3.79 Å². The first-order valence-corrected chi connectivity index (χ1v) is 8.31. The SMILES string of the molecule is O=C(C(Cl)c1cc(Br)c(Br)s1)N1CCCCC1. The summed E-state index contributed by atoms with van der Waals surface area (Å²) in [7, 11) is 0. The van der Waals surface area contributed by atoms with Crippen LogP contribution < -0.4 is 0 Å². The maximum absolute atomic E-state index is 12.2. The summed E-state index contributed by atoms with van der Waals surface area (Å²) in [5.41, 5.74) is 0. The average molecular weight is 402 g/mol. The molecule has 0 spiro atoms. The van der Waals surface area contributed by atoms with Gasteiger partial charge in [-0.1, -0.05) is 0 Å². The third-order valence-corrected chi connectivity index (χ3v) is 6.67. The number of carbonyl (C=O) groups excluding carboxylic acids is 1. The van der Waals surface area contributed by atoms with Crippen LogP contribution in [0.1, 0.15) is 29.5 Å². The molecule has 0 saturated carbocycles. The van der Waals surface area contributed by atoms with Crippen molar-refractivity contribution in [1.82, 2.24) is 4.90 Å². The Bertz CT molecular complexity index is 398. The highest BCUT2D eigenvalue weighted by atomic mass is 79.9. The number of rotatable bonds is 2. The Labute approximate surface area is 127 Å². The molecule has 1 amide bonds. The van der Waals surface area contributed by atoms with Crippen LogP contribution in [0.15, 0.2) is 14.3 Å². The van der Waals surface area contributed by atoms with Gasteiger partial charge in [-0.3, -0.25) is 4.79 Å². The molecule has 0 radical (unpaired) electrons. The summed E-state index contributed by atoms with van der Waals surface area (Å²) in [6, 6.07) is 1.91. The molecular weight excluding hydrogens is 389 g/mol. The molecule has 1 fully saturated rings. The fourth-order valence-corrected chi connectivity index (χ4v) is 4.28. The molecule has 1 aliphatic rings. The number of halogens is 3. The molecule has 0 aromatic carbocycles. The number of likely N-dealkylation sites (tertiary alicyclic amines) is 1. The quantitative estimate of drug-likeness (QED) is 0.665. The highest BCUT2D eigenvalue weighted by Crippen LogP contribution is 2.38. The average Bonchev–Trinajstić information content (AvgIpc) is 2.69. The number of nitrogens with zero attached hydrogens (tertiary/aromatic N) is 1. The summed E-state index contributed by atoms with van der Waals surface area (Å²) in [5, 5.41) is -0.555. The van der Waals surface area contributed by atoms with Gasteiger partial charge < -0.3 is 4.90 Å². The minimum Gasteiger partial charge on any atom is -0.341 e. The zero-order chi connectivity index (χ0) is 12.4. The van der Waals surface area contributed by atoms with Crippen LogP contribution >= 0.6 is 54.8 Å². The smallest absolute Gasteiger partial charge is 0.246 e. The lowest BCUT2D eigenvalue weighted by molar-refractivity contribution is -0.131. The van der Waals surface area contributed by atoms with Gasteiger partial charge in [-0.05, 0) is 57.2 Å². The predicted octanol–water partition coefficient (Wildman–Crippen LogP) is 4.57. The van der Waals surface area contributed by atoms with E-state index in [4.69, 9.17) is 11.6 Å². The Morgan fingerprint density at radius 2 is 2.00 bits per heavy atom. The number of carbonyl (C=O) groups is 1. The Balaban J connectivity index is 2.08. The number of hydrogen-bond acceptors (Lipinski definition) is 2. The van der Waals surface area contributed by atoms with Crippen molar-refractivity contribution < 1.29 is 4.79 Å². The van der Waals surface area contributed by atoms with Gasteiger partial charge in [-0.25, -0.2) is 0 Å². The van der Waals surface area contributed by atoms with Crippen molar-refractivity contribution in [1.29, 1.82) is 0 Å². The summed E-state index contributed by atoms with van der Waals surface area (Å²) in [5.74, 6) is 0.0348. The lowest BCUT2D eigenvalue weighted by Crippen LogP contribution is -2.37. The highest BCUT2D eigenvalue weighted by Gasteiger charge is 2.26. The second kappa shape index (κ2) is 6.04. The van der Waals surface area contributed by atoms with Gasteiger partial charge in [0.15, 0.2) is 0 Å². The zero-order valence-corrected chi connectivity index (χ0v) is 13.8. The second-order valence-corrected chi connectivity index (χ2v) is 7.71. The second-order valence-electron chi connectivity index (χ2n) is 4.02. The largest absolute Gasteiger partial charge is 0.341 e. The number of alkyl halides is 1. The summed E-state index contributed by atoms with van der Waals surface area (Å²) in [6.45, 7) is 1.69. The molecule has 2 heterocycles. The van der Waals surface area contributed by atoms with Gasteiger partial charge in [0.2, 0.25) is 5.91 Å². The number of thiophene rings is 1. The minimum absolute atomic E-state index is 0.0348. The van der Waals surface area contributed by atoms with E-state index < -0.39 is 5.38 Å². The van der Waals surface area contributed by atoms with Crippen LogP contribution in [0.5, 0.6) is 0 Å². The summed E-state index contributed by atoms with van der Waals surface area (Å²) >= 11 is 14.6. The van der Waals surface area contributed by atoms with Gasteiger partial charge >= 0.3 is 0 Å². The van der Waals surface area contributed by atoms with Gasteiger partial charge in [0, 0.05) is 22.4 Å². The summed E-state index contributed by atoms with van der Waals surface area (Å²) in [6.07, 6.45) is 3.40. The lowest BCUT2D eigenvalue weighted by atomic mass is 10.1. The molecule has 0 aliphatic carbocycles. The van der Waals surface area contributed by atoms with Crippen molar-refractivity contribution in [2.75, 3.05) is 13.1 Å². The van der Waals surface area contributed by atoms with E-state index in [0.717, 1.165) is 39.1 Å². The molecule has 1 saturated heterocycles. The first-order chi connectivity index (χ1) is 8.09. The zero-order valence-electron chi connectivity index (χ0n) is 9.09. The van der Waals surface area contributed by atoms with E-state index in [1.54, 1.807) is 0 Å². The predicted molar refractivity (Wildman–Crippen MR) is 78.7 cm³/mol. The molecule has 1 aromatic rings. The van der Waals surface area contributed by atoms with Gasteiger partial charge in [0.25, 0.3) is 0 Å². The van der Waals surface area contributed by atoms with Crippen molar-refractivity contribution in [2.24, 2.45) is 0 Å². The topological polar surface area (TPSA) is 20.3 Å². The maximum Gasteiger partial charge on any atom is 0.246 e. The monoisotopic (exact) mass is 399 g/mol. The van der Waals surface area contributed by atoms with Gasteiger partial charge in [0.1, 0.15) is 5.38 Å². The Morgan fingerprint density at radius 3 is 2.53 bits per heavy atom. The minimum atomic E-state index is -0.555. The molecule has 2 rings (SSSR count). The number of hydrogen-bond donors (Lipinski definition) is 0. The van der Waals surface area contributed by atoms with Gasteiger partial charge in [-0.2, -0.15) is 0 Å². The third-order valence-electron chi connectivity index (χ3n) is 2.80. The van der Waals surface area contributed by atoms with E-state index >= 15 is 0 Å². The van der Waals surface area contributed by atoms with E-state index in [-0.39, 0.29) is 5.91 Å². The Hall–Kier alpha value is 0.420. The molecule has 1 unspecified atom stereocenters. The number of piperidine rings is 1. The molecule has 0 bridgehead atoms. The van der Waals surface area contributed by atoms with Crippen LogP contribution in [0, 0.1) is 0 Å². The van der Waals surface area contributed by atoms with Crippen LogP contribution in [0.25, 0.3) is 0 Å². The highest BCUT2D eigenvalue weighted by molar-refractivity contribution is 9.13. The van der Waals surface area contributed by atoms with Crippen LogP contribution in [0.3, 0.4) is 0 Å². The third kappa shape index (κ3) is 3.25. The van der Waals surface area contributed by atoms with Crippen molar-refractivity contribution in [3.63, 3.8) is 0 Å². The summed E-state index contributed by atoms with van der Waals surface area (Å²) in [4.78, 5) is 15.0. The van der Waals surface area contributed by atoms with Crippen LogP contribution in [-0.4, -0.2) is 23.9 Å². The van der Waals surface area contributed by atoms with Crippen molar-refractivity contribution in [3.05, 3.63) is 19.2 Å². The number of amides is 1. The molecule has 6 heteroatoms. The summed E-state index contributed by atoms with van der Waals surface area (Å²) < 4.78 is 1.93. The molecule has 1 atom stereocenters. The Kier molecular flexibility index (Phi) is 4.92. The lowest BCUT2D eigenvalue weighted by Gasteiger charge is -2.28. The fourth-order valence-electron chi connectivity index (χ4n) is 1.88. The van der Waals surface area contributed by atoms with E-state index in [9.17, 15) is 4.79 Å². The fraction of sp³-hybridized carbons (Fsp3) is 0.545. The first-order valence-electron chi connectivity index (χ1n) is 5.47. The Morgan fingerprint density at radius 1 is 1.35 bits per heavy atom. The van der Waals surface area contributed by atoms with Crippen LogP contribution in [-0.2, 0) is 4.79 Å². The molecular formula is C11H12Br2ClNOS. The van der Waals surface area contributed by atoms with Crippen LogP contribution in [0.4, 0.5) is 0 Å². The van der Waals surface area contributed by atoms with Crippen molar-refractivity contribution in [2.45, 2.75) is 24.6 Å². The molecule has 1 aliphatic heterocycles. The normalized spacial score (nSPS) is 18.2. The molecule has 2 nitrogen and oxygen atoms in total. The first kappa shape index (κ1) is 13.8. The van der Waals surface area contributed by atoms with Crippen molar-refractivity contribution in [3.8, 4) is 0 Å². The molecule has 94 valence electrons. The molecule has 0 N–H and O–H groups in total. The van der Waals surface area contributed by atoms with E-state index in [1.807, 2.05) is 11.0 Å². The van der Waals surface area contributed by atoms with Gasteiger partial charge in [-0.15, -0.1) is 22.9 Å².